The molecule has 0 radical (unpaired) electrons. The number of aromatic carboxylic acids is 1. The Balaban J connectivity index is 1.94. The first-order chi connectivity index (χ1) is 10.0. The molecule has 0 aliphatic carbocycles. The van der Waals surface area contributed by atoms with Gasteiger partial charge >= 0.3 is 5.97 Å². The van der Waals surface area contributed by atoms with Crippen LogP contribution < -0.4 is 0 Å². The highest BCUT2D eigenvalue weighted by Gasteiger charge is 2.28. The number of benzene rings is 1. The van der Waals surface area contributed by atoms with Crippen LogP contribution in [0.1, 0.15) is 36.2 Å². The van der Waals surface area contributed by atoms with E-state index in [1.807, 2.05) is 12.1 Å². The van der Waals surface area contributed by atoms with Crippen LogP contribution in [-0.4, -0.2) is 53.6 Å². The molecule has 1 aliphatic rings. The van der Waals surface area contributed by atoms with Gasteiger partial charge in [-0.3, -0.25) is 4.90 Å². The highest BCUT2D eigenvalue weighted by molar-refractivity contribution is 5.87. The molecule has 2 atom stereocenters. The molecule has 4 nitrogen and oxygen atoms in total. The van der Waals surface area contributed by atoms with Crippen molar-refractivity contribution >= 4 is 5.97 Å². The van der Waals surface area contributed by atoms with Gasteiger partial charge in [0.2, 0.25) is 0 Å². The molecule has 0 amide bonds. The topological polar surface area (TPSA) is 43.8 Å². The number of hydrogen-bond acceptors (Lipinski definition) is 3. The van der Waals surface area contributed by atoms with E-state index in [4.69, 9.17) is 5.11 Å². The molecule has 1 aliphatic heterocycles. The van der Waals surface area contributed by atoms with Crippen molar-refractivity contribution in [3.8, 4) is 0 Å². The minimum atomic E-state index is -0.865. The van der Waals surface area contributed by atoms with Crippen molar-refractivity contribution in [3.05, 3.63) is 35.4 Å². The summed E-state index contributed by atoms with van der Waals surface area (Å²) in [5.74, 6) is -0.197. The summed E-state index contributed by atoms with van der Waals surface area (Å²) in [7, 11) is 2.17. The number of carboxylic acid groups (broad SMARTS) is 1. The highest BCUT2D eigenvalue weighted by atomic mass is 16.4. The van der Waals surface area contributed by atoms with Crippen LogP contribution in [0.3, 0.4) is 0 Å². The van der Waals surface area contributed by atoms with E-state index < -0.39 is 5.97 Å². The average Bonchev–Trinajstić information content (AvgIpc) is 2.47. The monoisotopic (exact) mass is 290 g/mol. The Labute approximate surface area is 127 Å². The third-order valence-corrected chi connectivity index (χ3v) is 4.59. The van der Waals surface area contributed by atoms with Crippen LogP contribution in [0.2, 0.25) is 0 Å². The Morgan fingerprint density at radius 2 is 2.05 bits per heavy atom. The van der Waals surface area contributed by atoms with Gasteiger partial charge in [0.15, 0.2) is 0 Å². The number of hydrogen-bond donors (Lipinski definition) is 1. The fourth-order valence-corrected chi connectivity index (χ4v) is 3.32. The fourth-order valence-electron chi connectivity index (χ4n) is 3.32. The Morgan fingerprint density at radius 3 is 2.57 bits per heavy atom. The third-order valence-electron chi connectivity index (χ3n) is 4.59. The van der Waals surface area contributed by atoms with E-state index in [0.29, 0.717) is 17.5 Å². The lowest BCUT2D eigenvalue weighted by molar-refractivity contribution is 0.0696. The van der Waals surface area contributed by atoms with Gasteiger partial charge in [-0.2, -0.15) is 0 Å². The number of rotatable bonds is 5. The molecule has 0 spiro atoms. The van der Waals surface area contributed by atoms with Crippen LogP contribution in [0.15, 0.2) is 24.3 Å². The summed E-state index contributed by atoms with van der Waals surface area (Å²) in [6.07, 6.45) is 1.21. The summed E-state index contributed by atoms with van der Waals surface area (Å²) in [6.45, 7) is 8.91. The summed E-state index contributed by atoms with van der Waals surface area (Å²) in [5, 5.41) is 8.93. The van der Waals surface area contributed by atoms with Gasteiger partial charge < -0.3 is 10.0 Å². The van der Waals surface area contributed by atoms with Crippen molar-refractivity contribution in [2.45, 2.75) is 32.9 Å². The van der Waals surface area contributed by atoms with Crippen molar-refractivity contribution in [3.63, 3.8) is 0 Å². The Hall–Kier alpha value is -1.39. The maximum Gasteiger partial charge on any atom is 0.335 e. The molecule has 1 aromatic carbocycles. The summed E-state index contributed by atoms with van der Waals surface area (Å²) in [6, 6.07) is 7.83. The molecule has 0 saturated carbocycles. The van der Waals surface area contributed by atoms with Crippen LogP contribution in [0.4, 0.5) is 0 Å². The van der Waals surface area contributed by atoms with Crippen molar-refractivity contribution in [2.24, 2.45) is 5.92 Å². The molecule has 1 heterocycles. The van der Waals surface area contributed by atoms with E-state index in [-0.39, 0.29) is 0 Å². The second-order valence-electron chi connectivity index (χ2n) is 6.14. The number of likely N-dealkylation sites (tertiary alicyclic amines) is 1. The smallest absolute Gasteiger partial charge is 0.335 e. The summed E-state index contributed by atoms with van der Waals surface area (Å²) in [5.41, 5.74) is 1.53. The normalized spacial score (nSPS) is 23.4. The van der Waals surface area contributed by atoms with E-state index in [2.05, 4.69) is 30.7 Å². The molecule has 116 valence electrons. The Kier molecular flexibility index (Phi) is 5.37. The van der Waals surface area contributed by atoms with Gasteiger partial charge in [-0.1, -0.05) is 26.0 Å². The van der Waals surface area contributed by atoms with E-state index in [0.717, 1.165) is 13.1 Å². The van der Waals surface area contributed by atoms with Gasteiger partial charge in [0.25, 0.3) is 0 Å². The molecule has 1 saturated heterocycles. The molecule has 0 aromatic heterocycles. The summed E-state index contributed by atoms with van der Waals surface area (Å²) in [4.78, 5) is 15.8. The molecule has 2 unspecified atom stereocenters. The molecule has 4 heteroatoms. The van der Waals surface area contributed by atoms with Gasteiger partial charge in [-0.15, -0.1) is 0 Å². The van der Waals surface area contributed by atoms with Crippen molar-refractivity contribution in [1.29, 1.82) is 0 Å². The molecule has 2 rings (SSSR count). The highest BCUT2D eigenvalue weighted by Crippen LogP contribution is 2.22. The third kappa shape index (κ3) is 4.05. The second-order valence-corrected chi connectivity index (χ2v) is 6.14. The van der Waals surface area contributed by atoms with E-state index in [9.17, 15) is 4.79 Å². The predicted molar refractivity (Wildman–Crippen MR) is 84.6 cm³/mol. The molecular weight excluding hydrogens is 264 g/mol. The van der Waals surface area contributed by atoms with Crippen LogP contribution >= 0.6 is 0 Å². The zero-order chi connectivity index (χ0) is 15.4. The van der Waals surface area contributed by atoms with Gasteiger partial charge in [-0.25, -0.2) is 4.79 Å². The number of carboxylic acids is 1. The number of nitrogens with zero attached hydrogens (tertiary/aromatic N) is 2. The van der Waals surface area contributed by atoms with Gasteiger partial charge in [0, 0.05) is 19.1 Å². The van der Waals surface area contributed by atoms with Gasteiger partial charge in [-0.05, 0) is 50.2 Å². The minimum Gasteiger partial charge on any atom is -0.478 e. The Morgan fingerprint density at radius 1 is 1.38 bits per heavy atom. The predicted octanol–water partition coefficient (Wildman–Crippen LogP) is 2.55. The SMILES string of the molecule is CCN1CCC(N(C)Cc2ccc(C(=O)O)cc2)C(C)C1. The van der Waals surface area contributed by atoms with Crippen LogP contribution in [0.5, 0.6) is 0 Å². The van der Waals surface area contributed by atoms with Gasteiger partial charge in [0.1, 0.15) is 0 Å². The molecule has 1 fully saturated rings. The minimum absolute atomic E-state index is 0.353. The largest absolute Gasteiger partial charge is 0.478 e. The maximum absolute atomic E-state index is 10.9. The molecular formula is C17H26N2O2. The van der Waals surface area contributed by atoms with Crippen LogP contribution in [-0.2, 0) is 6.54 Å². The maximum atomic E-state index is 10.9. The molecule has 0 bridgehead atoms. The standard InChI is InChI=1S/C17H26N2O2/c1-4-19-10-9-16(13(2)11-19)18(3)12-14-5-7-15(8-6-14)17(20)21/h5-8,13,16H,4,9-12H2,1-3H3,(H,20,21). The second kappa shape index (κ2) is 7.05. The first-order valence-corrected chi connectivity index (χ1v) is 7.76. The van der Waals surface area contributed by atoms with Crippen molar-refractivity contribution < 1.29 is 9.90 Å². The molecule has 21 heavy (non-hydrogen) atoms. The lowest BCUT2D eigenvalue weighted by atomic mass is 9.92. The first-order valence-electron chi connectivity index (χ1n) is 7.76. The lowest BCUT2D eigenvalue weighted by Gasteiger charge is -2.41. The van der Waals surface area contributed by atoms with E-state index >= 15 is 0 Å². The number of carbonyl (C=O) groups is 1. The van der Waals surface area contributed by atoms with Crippen LogP contribution in [0.25, 0.3) is 0 Å². The first kappa shape index (κ1) is 16.0. The van der Waals surface area contributed by atoms with Crippen molar-refractivity contribution in [1.82, 2.24) is 9.80 Å². The summed E-state index contributed by atoms with van der Waals surface area (Å²) >= 11 is 0. The molecule has 1 N–H and O–H groups in total. The van der Waals surface area contributed by atoms with E-state index in [1.165, 1.54) is 25.1 Å². The average molecular weight is 290 g/mol. The lowest BCUT2D eigenvalue weighted by Crippen LogP contribution is -2.48. The van der Waals surface area contributed by atoms with Crippen LogP contribution in [0, 0.1) is 5.92 Å². The van der Waals surface area contributed by atoms with Crippen molar-refractivity contribution in [2.75, 3.05) is 26.7 Å². The zero-order valence-electron chi connectivity index (χ0n) is 13.2. The fraction of sp³-hybridized carbons (Fsp3) is 0.588. The van der Waals surface area contributed by atoms with E-state index in [1.54, 1.807) is 12.1 Å². The summed E-state index contributed by atoms with van der Waals surface area (Å²) < 4.78 is 0. The number of piperidine rings is 1. The quantitative estimate of drug-likeness (QED) is 0.905. The van der Waals surface area contributed by atoms with Gasteiger partial charge in [0.05, 0.1) is 5.56 Å². The zero-order valence-corrected chi connectivity index (χ0v) is 13.2. The Bertz CT molecular complexity index is 472. The molecule has 1 aromatic rings.